The van der Waals surface area contributed by atoms with E-state index in [1.807, 2.05) is 4.98 Å². The predicted octanol–water partition coefficient (Wildman–Crippen LogP) is 1.13. The fraction of sp³-hybridized carbons (Fsp3) is 0.250. The summed E-state index contributed by atoms with van der Waals surface area (Å²) in [7, 11) is 1.28. The molecule has 0 fully saturated rings. The molecule has 0 radical (unpaired) electrons. The lowest BCUT2D eigenvalue weighted by atomic mass is 10.2. The second-order valence-corrected chi connectivity index (χ2v) is 2.85. The zero-order chi connectivity index (χ0) is 12.5. The van der Waals surface area contributed by atoms with Crippen LogP contribution in [0, 0.1) is 0 Å². The predicted molar refractivity (Wildman–Crippen MR) is 48.6 cm³/mol. The van der Waals surface area contributed by atoms with Gasteiger partial charge in [0, 0.05) is 7.05 Å². The van der Waals surface area contributed by atoms with E-state index in [9.17, 15) is 22.8 Å². The number of alkyl halides is 3. The van der Waals surface area contributed by atoms with Gasteiger partial charge in [-0.1, -0.05) is 0 Å². The van der Waals surface area contributed by atoms with Crippen LogP contribution in [0.2, 0.25) is 0 Å². The Kier molecular flexibility index (Phi) is 2.92. The first-order chi connectivity index (χ1) is 7.27. The summed E-state index contributed by atoms with van der Waals surface area (Å²) >= 11 is 0. The number of nitrogens with one attached hydrogen (secondary N) is 2. The molecule has 8 heteroatoms. The Morgan fingerprint density at radius 2 is 2.06 bits per heavy atom. The van der Waals surface area contributed by atoms with Crippen LogP contribution in [0.25, 0.3) is 0 Å². The largest absolute Gasteiger partial charge is 0.478 e. The van der Waals surface area contributed by atoms with Crippen molar-refractivity contribution >= 4 is 11.8 Å². The quantitative estimate of drug-likeness (QED) is 0.718. The molecule has 1 rings (SSSR count). The van der Waals surface area contributed by atoms with Crippen molar-refractivity contribution in [1.82, 2.24) is 4.98 Å². The van der Waals surface area contributed by atoms with Gasteiger partial charge in [-0.05, 0) is 6.07 Å². The van der Waals surface area contributed by atoms with E-state index in [0.29, 0.717) is 6.07 Å². The minimum Gasteiger partial charge on any atom is -0.478 e. The summed E-state index contributed by atoms with van der Waals surface area (Å²) in [5.74, 6) is -1.84. The molecule has 0 aromatic carbocycles. The number of carboxylic acid groups (broad SMARTS) is 1. The van der Waals surface area contributed by atoms with Gasteiger partial charge in [0.2, 0.25) is 0 Å². The third kappa shape index (κ3) is 2.15. The Hall–Kier alpha value is -1.99. The Bertz CT molecular complexity index is 478. The molecule has 1 aromatic rings. The molecular formula is C8H7F3N2O3. The first-order valence-electron chi connectivity index (χ1n) is 4.03. The standard InChI is InChI=1S/C8H7F3N2O3/c1-12-5-3(7(15)16)2-4(6(14)13-5)8(9,10)11/h2H,1H3,(H,15,16)(H2,12,13,14). The number of halogens is 3. The van der Waals surface area contributed by atoms with Gasteiger partial charge in [0.15, 0.2) is 0 Å². The van der Waals surface area contributed by atoms with Gasteiger partial charge in [-0.2, -0.15) is 13.2 Å². The van der Waals surface area contributed by atoms with Gasteiger partial charge < -0.3 is 15.4 Å². The van der Waals surface area contributed by atoms with Crippen molar-refractivity contribution in [2.24, 2.45) is 0 Å². The maximum atomic E-state index is 12.3. The summed E-state index contributed by atoms with van der Waals surface area (Å²) in [5.41, 5.74) is -3.57. The second-order valence-electron chi connectivity index (χ2n) is 2.85. The first kappa shape index (κ1) is 12.1. The Morgan fingerprint density at radius 1 is 1.50 bits per heavy atom. The molecule has 0 aliphatic carbocycles. The normalized spacial score (nSPS) is 11.2. The van der Waals surface area contributed by atoms with Gasteiger partial charge in [0.05, 0.1) is 0 Å². The number of carbonyl (C=O) groups is 1. The highest BCUT2D eigenvalue weighted by atomic mass is 19.4. The fourth-order valence-corrected chi connectivity index (χ4v) is 1.11. The van der Waals surface area contributed by atoms with Crippen molar-refractivity contribution in [3.8, 4) is 0 Å². The Balaban J connectivity index is 3.52. The van der Waals surface area contributed by atoms with Crippen LogP contribution in [0.15, 0.2) is 10.9 Å². The molecule has 3 N–H and O–H groups in total. The van der Waals surface area contributed by atoms with Crippen LogP contribution in [-0.4, -0.2) is 23.1 Å². The molecule has 0 spiro atoms. The lowest BCUT2D eigenvalue weighted by molar-refractivity contribution is -0.138. The number of aromatic nitrogens is 1. The minimum absolute atomic E-state index is 0.273. The number of aromatic amines is 1. The molecule has 0 atom stereocenters. The number of aromatic carboxylic acids is 1. The average molecular weight is 236 g/mol. The van der Waals surface area contributed by atoms with E-state index in [4.69, 9.17) is 5.11 Å². The summed E-state index contributed by atoms with van der Waals surface area (Å²) in [4.78, 5) is 23.5. The van der Waals surface area contributed by atoms with Crippen molar-refractivity contribution in [1.29, 1.82) is 0 Å². The summed E-state index contributed by atoms with van der Waals surface area (Å²) in [6.07, 6.45) is -4.88. The van der Waals surface area contributed by atoms with Crippen LogP contribution in [0.4, 0.5) is 19.0 Å². The van der Waals surface area contributed by atoms with E-state index >= 15 is 0 Å². The lowest BCUT2D eigenvalue weighted by Crippen LogP contribution is -2.24. The van der Waals surface area contributed by atoms with E-state index in [0.717, 1.165) is 0 Å². The van der Waals surface area contributed by atoms with Crippen molar-refractivity contribution < 1.29 is 23.1 Å². The summed E-state index contributed by atoms with van der Waals surface area (Å²) in [5, 5.41) is 10.9. The molecule has 0 amide bonds. The number of hydrogen-bond acceptors (Lipinski definition) is 3. The topological polar surface area (TPSA) is 82.2 Å². The summed E-state index contributed by atoms with van der Waals surface area (Å²) in [6, 6.07) is 0.299. The first-order valence-corrected chi connectivity index (χ1v) is 4.03. The van der Waals surface area contributed by atoms with Gasteiger partial charge in [0.25, 0.3) is 5.56 Å². The number of rotatable bonds is 2. The van der Waals surface area contributed by atoms with E-state index in [1.54, 1.807) is 0 Å². The molecule has 5 nitrogen and oxygen atoms in total. The lowest BCUT2D eigenvalue weighted by Gasteiger charge is -2.09. The number of pyridine rings is 1. The molecule has 0 saturated heterocycles. The molecule has 0 unspecified atom stereocenters. The SMILES string of the molecule is CNc1[nH]c(=O)c(C(F)(F)F)cc1C(=O)O. The van der Waals surface area contributed by atoms with Gasteiger partial charge in [0.1, 0.15) is 16.9 Å². The zero-order valence-corrected chi connectivity index (χ0v) is 7.97. The maximum Gasteiger partial charge on any atom is 0.421 e. The van der Waals surface area contributed by atoms with E-state index in [1.165, 1.54) is 7.05 Å². The van der Waals surface area contributed by atoms with Crippen LogP contribution in [-0.2, 0) is 6.18 Å². The van der Waals surface area contributed by atoms with Gasteiger partial charge in [-0.3, -0.25) is 4.79 Å². The smallest absolute Gasteiger partial charge is 0.421 e. The third-order valence-corrected chi connectivity index (χ3v) is 1.83. The molecule has 0 bridgehead atoms. The molecule has 0 aliphatic heterocycles. The molecule has 88 valence electrons. The molecule has 1 heterocycles. The van der Waals surface area contributed by atoms with Crippen LogP contribution in [0.5, 0.6) is 0 Å². The van der Waals surface area contributed by atoms with E-state index < -0.39 is 28.8 Å². The maximum absolute atomic E-state index is 12.3. The fourth-order valence-electron chi connectivity index (χ4n) is 1.11. The molecule has 0 aliphatic rings. The van der Waals surface area contributed by atoms with Crippen molar-refractivity contribution in [2.75, 3.05) is 12.4 Å². The number of carboxylic acids is 1. The van der Waals surface area contributed by atoms with Crippen molar-refractivity contribution in [2.45, 2.75) is 6.18 Å². The molecular weight excluding hydrogens is 229 g/mol. The zero-order valence-electron chi connectivity index (χ0n) is 7.97. The number of H-pyrrole nitrogens is 1. The highest BCUT2D eigenvalue weighted by Gasteiger charge is 2.35. The number of hydrogen-bond donors (Lipinski definition) is 3. The summed E-state index contributed by atoms with van der Waals surface area (Å²) in [6.45, 7) is 0. The molecule has 0 saturated carbocycles. The average Bonchev–Trinajstić information content (AvgIpc) is 2.14. The highest BCUT2D eigenvalue weighted by Crippen LogP contribution is 2.28. The monoisotopic (exact) mass is 236 g/mol. The molecule has 16 heavy (non-hydrogen) atoms. The van der Waals surface area contributed by atoms with E-state index in [-0.39, 0.29) is 5.82 Å². The number of anilines is 1. The highest BCUT2D eigenvalue weighted by molar-refractivity contribution is 5.93. The van der Waals surface area contributed by atoms with Crippen LogP contribution in [0.1, 0.15) is 15.9 Å². The van der Waals surface area contributed by atoms with Gasteiger partial charge in [-0.15, -0.1) is 0 Å². The van der Waals surface area contributed by atoms with Gasteiger partial charge in [-0.25, -0.2) is 4.79 Å². The van der Waals surface area contributed by atoms with Crippen LogP contribution < -0.4 is 10.9 Å². The van der Waals surface area contributed by atoms with Crippen molar-refractivity contribution in [3.63, 3.8) is 0 Å². The van der Waals surface area contributed by atoms with Crippen LogP contribution >= 0.6 is 0 Å². The van der Waals surface area contributed by atoms with E-state index in [2.05, 4.69) is 5.32 Å². The van der Waals surface area contributed by atoms with Crippen LogP contribution in [0.3, 0.4) is 0 Å². The second kappa shape index (κ2) is 3.87. The van der Waals surface area contributed by atoms with Crippen molar-refractivity contribution in [3.05, 3.63) is 27.5 Å². The van der Waals surface area contributed by atoms with Gasteiger partial charge >= 0.3 is 12.1 Å². The minimum atomic E-state index is -4.88. The molecule has 1 aromatic heterocycles. The Morgan fingerprint density at radius 3 is 2.44 bits per heavy atom. The summed E-state index contributed by atoms with van der Waals surface area (Å²) < 4.78 is 36.9. The Labute approximate surface area is 86.9 Å². The third-order valence-electron chi connectivity index (χ3n) is 1.83.